The zero-order valence-electron chi connectivity index (χ0n) is 18.2. The Bertz CT molecular complexity index is 1720. The normalized spacial score (nSPS) is 12.6. The summed E-state index contributed by atoms with van der Waals surface area (Å²) in [5.74, 6) is 2.15. The molecule has 5 heterocycles. The van der Waals surface area contributed by atoms with Crippen LogP contribution in [0.15, 0.2) is 67.0 Å². The van der Waals surface area contributed by atoms with E-state index in [1.54, 1.807) is 6.20 Å². The lowest BCUT2D eigenvalue weighted by Crippen LogP contribution is -1.92. The second-order valence-corrected chi connectivity index (χ2v) is 8.21. The van der Waals surface area contributed by atoms with Crippen LogP contribution in [0.25, 0.3) is 56.0 Å². The van der Waals surface area contributed by atoms with E-state index in [4.69, 9.17) is 19.4 Å². The highest BCUT2D eigenvalue weighted by molar-refractivity contribution is 5.96. The number of ether oxygens (including phenoxy) is 2. The number of hydrogen-bond acceptors (Lipinski definition) is 6. The van der Waals surface area contributed by atoms with E-state index in [9.17, 15) is 0 Å². The van der Waals surface area contributed by atoms with E-state index in [-0.39, 0.29) is 6.79 Å². The molecule has 1 aliphatic heterocycles. The van der Waals surface area contributed by atoms with Gasteiger partial charge in [0.2, 0.25) is 6.79 Å². The van der Waals surface area contributed by atoms with Gasteiger partial charge in [0.1, 0.15) is 5.52 Å². The van der Waals surface area contributed by atoms with E-state index >= 15 is 0 Å². The molecule has 6 aromatic rings. The first-order valence-corrected chi connectivity index (χ1v) is 10.9. The minimum Gasteiger partial charge on any atom is -0.454 e. The molecular formula is C26H18N6O2. The third-order valence-electron chi connectivity index (χ3n) is 6.14. The fourth-order valence-electron chi connectivity index (χ4n) is 4.39. The summed E-state index contributed by atoms with van der Waals surface area (Å²) in [6.45, 7) is 2.30. The van der Waals surface area contributed by atoms with Crippen molar-refractivity contribution in [3.63, 3.8) is 0 Å². The summed E-state index contributed by atoms with van der Waals surface area (Å²) in [6.07, 6.45) is 3.62. The Kier molecular flexibility index (Phi) is 3.95. The standard InChI is InChI=1S/C26H18N6O2/c1-14-9-10-27-12-17(14)18-6-7-20-24(28-18)25(32-31-20)26-29-19-4-2-3-16(23(19)30-26)15-5-8-21-22(11-15)34-13-33-21/h2-12H,13H2,1H3,(H,29,30)(H,31,32). The Morgan fingerprint density at radius 2 is 1.79 bits per heavy atom. The van der Waals surface area contributed by atoms with Crippen molar-refractivity contribution in [2.75, 3.05) is 6.79 Å². The number of para-hydroxylation sites is 1. The van der Waals surface area contributed by atoms with E-state index in [0.717, 1.165) is 61.5 Å². The minimum absolute atomic E-state index is 0.245. The van der Waals surface area contributed by atoms with Crippen LogP contribution in [-0.4, -0.2) is 36.9 Å². The number of nitrogens with zero attached hydrogens (tertiary/aromatic N) is 4. The van der Waals surface area contributed by atoms with Crippen molar-refractivity contribution in [1.82, 2.24) is 30.1 Å². The number of H-pyrrole nitrogens is 2. The molecule has 0 radical (unpaired) electrons. The van der Waals surface area contributed by atoms with Crippen LogP contribution in [-0.2, 0) is 0 Å². The summed E-state index contributed by atoms with van der Waals surface area (Å²) < 4.78 is 11.0. The Hall–Kier alpha value is -4.72. The van der Waals surface area contributed by atoms with Gasteiger partial charge in [-0.15, -0.1) is 0 Å². The molecule has 0 spiro atoms. The summed E-state index contributed by atoms with van der Waals surface area (Å²) in [5, 5.41) is 7.61. The van der Waals surface area contributed by atoms with Crippen LogP contribution >= 0.6 is 0 Å². The van der Waals surface area contributed by atoms with E-state index in [1.807, 2.05) is 54.7 Å². The topological polar surface area (TPSA) is 102 Å². The number of imidazole rings is 1. The zero-order chi connectivity index (χ0) is 22.6. The second-order valence-electron chi connectivity index (χ2n) is 8.21. The maximum absolute atomic E-state index is 5.56. The van der Waals surface area contributed by atoms with Gasteiger partial charge in [-0.25, -0.2) is 9.97 Å². The van der Waals surface area contributed by atoms with Gasteiger partial charge >= 0.3 is 0 Å². The average Bonchev–Trinajstić information content (AvgIpc) is 3.60. The fraction of sp³-hybridized carbons (Fsp3) is 0.0769. The molecule has 2 aromatic carbocycles. The highest BCUT2D eigenvalue weighted by Gasteiger charge is 2.19. The van der Waals surface area contributed by atoms with Crippen LogP contribution in [0.5, 0.6) is 11.5 Å². The van der Waals surface area contributed by atoms with Gasteiger partial charge in [-0.3, -0.25) is 10.1 Å². The van der Waals surface area contributed by atoms with E-state index in [2.05, 4.69) is 33.2 Å². The number of fused-ring (bicyclic) bond motifs is 3. The molecule has 7 rings (SSSR count). The number of nitrogens with one attached hydrogen (secondary N) is 2. The van der Waals surface area contributed by atoms with Crippen LogP contribution in [0, 0.1) is 6.92 Å². The molecule has 0 aliphatic carbocycles. The smallest absolute Gasteiger partial charge is 0.231 e. The van der Waals surface area contributed by atoms with Crippen LogP contribution < -0.4 is 9.47 Å². The zero-order valence-corrected chi connectivity index (χ0v) is 18.2. The third-order valence-corrected chi connectivity index (χ3v) is 6.14. The first kappa shape index (κ1) is 18.8. The van der Waals surface area contributed by atoms with Gasteiger partial charge in [0, 0.05) is 23.5 Å². The van der Waals surface area contributed by atoms with Gasteiger partial charge < -0.3 is 14.5 Å². The number of rotatable bonds is 3. The summed E-state index contributed by atoms with van der Waals surface area (Å²) in [7, 11) is 0. The molecule has 0 bridgehead atoms. The van der Waals surface area contributed by atoms with Gasteiger partial charge in [-0.1, -0.05) is 18.2 Å². The highest BCUT2D eigenvalue weighted by Crippen LogP contribution is 2.38. The van der Waals surface area contributed by atoms with Crippen molar-refractivity contribution < 1.29 is 9.47 Å². The Labute approximate surface area is 193 Å². The molecule has 8 nitrogen and oxygen atoms in total. The number of aromatic amines is 2. The average molecular weight is 446 g/mol. The van der Waals surface area contributed by atoms with Crippen LogP contribution in [0.2, 0.25) is 0 Å². The van der Waals surface area contributed by atoms with E-state index in [0.29, 0.717) is 11.5 Å². The molecule has 164 valence electrons. The highest BCUT2D eigenvalue weighted by atomic mass is 16.7. The van der Waals surface area contributed by atoms with Crippen molar-refractivity contribution >= 4 is 22.1 Å². The summed E-state index contributed by atoms with van der Waals surface area (Å²) in [6, 6.07) is 17.9. The lowest BCUT2D eigenvalue weighted by Gasteiger charge is -2.04. The molecular weight excluding hydrogens is 428 g/mol. The number of benzene rings is 2. The molecule has 34 heavy (non-hydrogen) atoms. The maximum atomic E-state index is 5.56. The molecule has 8 heteroatoms. The molecule has 4 aromatic heterocycles. The number of pyridine rings is 2. The van der Waals surface area contributed by atoms with Gasteiger partial charge in [0.05, 0.1) is 22.2 Å². The van der Waals surface area contributed by atoms with Crippen molar-refractivity contribution in [1.29, 1.82) is 0 Å². The largest absolute Gasteiger partial charge is 0.454 e. The molecule has 0 saturated carbocycles. The van der Waals surface area contributed by atoms with Gasteiger partial charge in [0.15, 0.2) is 23.0 Å². The predicted octanol–water partition coefficient (Wildman–Crippen LogP) is 5.27. The molecule has 0 fully saturated rings. The Morgan fingerprint density at radius 3 is 2.74 bits per heavy atom. The molecule has 0 saturated heterocycles. The summed E-state index contributed by atoms with van der Waals surface area (Å²) >= 11 is 0. The number of aromatic nitrogens is 6. The van der Waals surface area contributed by atoms with Crippen LogP contribution in [0.4, 0.5) is 0 Å². The van der Waals surface area contributed by atoms with Crippen molar-refractivity contribution in [3.8, 4) is 45.4 Å². The lowest BCUT2D eigenvalue weighted by atomic mass is 10.0. The first-order valence-electron chi connectivity index (χ1n) is 10.9. The van der Waals surface area contributed by atoms with Crippen molar-refractivity contribution in [2.24, 2.45) is 0 Å². The SMILES string of the molecule is Cc1ccncc1-c1ccc2[nH]nc(-c3nc4c(-c5ccc6c(c5)OCO6)cccc4[nH]3)c2n1. The summed E-state index contributed by atoms with van der Waals surface area (Å²) in [4.78, 5) is 17.5. The van der Waals surface area contributed by atoms with Crippen LogP contribution in [0.1, 0.15) is 5.56 Å². The summed E-state index contributed by atoms with van der Waals surface area (Å²) in [5.41, 5.74) is 9.00. The van der Waals surface area contributed by atoms with E-state index in [1.165, 1.54) is 0 Å². The molecule has 0 atom stereocenters. The van der Waals surface area contributed by atoms with Gasteiger partial charge in [-0.2, -0.15) is 5.10 Å². The first-order chi connectivity index (χ1) is 16.7. The van der Waals surface area contributed by atoms with E-state index < -0.39 is 0 Å². The molecule has 0 unspecified atom stereocenters. The van der Waals surface area contributed by atoms with Crippen LogP contribution in [0.3, 0.4) is 0 Å². The number of aryl methyl sites for hydroxylation is 1. The van der Waals surface area contributed by atoms with Crippen molar-refractivity contribution in [2.45, 2.75) is 6.92 Å². The number of hydrogen-bond donors (Lipinski definition) is 2. The maximum Gasteiger partial charge on any atom is 0.231 e. The lowest BCUT2D eigenvalue weighted by molar-refractivity contribution is 0.174. The third kappa shape index (κ3) is 2.85. The fourth-order valence-corrected chi connectivity index (χ4v) is 4.39. The second kappa shape index (κ2) is 7.14. The van der Waals surface area contributed by atoms with Gasteiger partial charge in [0.25, 0.3) is 0 Å². The quantitative estimate of drug-likeness (QED) is 0.384. The molecule has 0 amide bonds. The molecule has 2 N–H and O–H groups in total. The minimum atomic E-state index is 0.245. The van der Waals surface area contributed by atoms with Crippen molar-refractivity contribution in [3.05, 3.63) is 72.6 Å². The Morgan fingerprint density at radius 1 is 0.853 bits per heavy atom. The van der Waals surface area contributed by atoms with Gasteiger partial charge in [-0.05, 0) is 54.4 Å². The molecule has 1 aliphatic rings. The predicted molar refractivity (Wildman–Crippen MR) is 129 cm³/mol. The monoisotopic (exact) mass is 446 g/mol. The Balaban J connectivity index is 1.37.